The summed E-state index contributed by atoms with van der Waals surface area (Å²) in [7, 11) is -4.20. The number of nitrogens with one attached hydrogen (secondary N) is 3. The van der Waals surface area contributed by atoms with E-state index in [2.05, 4.69) is 50.5 Å². The number of ether oxygens (including phenoxy) is 1. The van der Waals surface area contributed by atoms with Crippen LogP contribution in [0.3, 0.4) is 0 Å². The summed E-state index contributed by atoms with van der Waals surface area (Å²) in [6.45, 7) is 7.48. The van der Waals surface area contributed by atoms with Gasteiger partial charge in [-0.2, -0.15) is 18.3 Å². The predicted octanol–water partition coefficient (Wildman–Crippen LogP) is 3.88. The third-order valence-corrected chi connectivity index (χ3v) is 15.1. The molecule has 0 radical (unpaired) electrons. The molecule has 0 bridgehead atoms. The minimum atomic E-state index is -4.84. The molecule has 26 heteroatoms. The number of halogens is 4. The lowest BCUT2D eigenvalue weighted by Crippen LogP contribution is -2.54. The van der Waals surface area contributed by atoms with Crippen LogP contribution in [0.5, 0.6) is 0 Å². The van der Waals surface area contributed by atoms with Crippen LogP contribution in [-0.4, -0.2) is 139 Å². The molecule has 3 fully saturated rings. The van der Waals surface area contributed by atoms with E-state index in [1.165, 1.54) is 24.7 Å². The molecule has 2 aromatic carbocycles. The summed E-state index contributed by atoms with van der Waals surface area (Å²) in [6, 6.07) is 7.16. The average molecular weight is 1040 g/mol. The van der Waals surface area contributed by atoms with E-state index in [1.807, 2.05) is 6.07 Å². The Morgan fingerprint density at radius 2 is 1.70 bits per heavy atom. The summed E-state index contributed by atoms with van der Waals surface area (Å²) < 4.78 is 94.0. The number of imide groups is 2. The molecule has 4 amide bonds. The number of carbonyl (C=O) groups excluding carboxylic acids is 4. The predicted molar refractivity (Wildman–Crippen MR) is 252 cm³/mol. The molecule has 5 aromatic rings. The van der Waals surface area contributed by atoms with Crippen molar-refractivity contribution in [3.63, 3.8) is 0 Å². The van der Waals surface area contributed by atoms with E-state index >= 15 is 4.39 Å². The number of sulfonamides is 1. The highest BCUT2D eigenvalue weighted by molar-refractivity contribution is 7.89. The molecule has 388 valence electrons. The number of rotatable bonds is 17. The monoisotopic (exact) mass is 1040 g/mol. The number of piperidine rings is 3. The van der Waals surface area contributed by atoms with Crippen molar-refractivity contribution in [3.05, 3.63) is 89.4 Å². The van der Waals surface area contributed by atoms with Gasteiger partial charge in [0.05, 0.1) is 77.4 Å². The number of hydrogen-bond donors (Lipinski definition) is 4. The van der Waals surface area contributed by atoms with E-state index < -0.39 is 79.4 Å². The van der Waals surface area contributed by atoms with Gasteiger partial charge in [-0.15, -0.1) is 5.10 Å². The van der Waals surface area contributed by atoms with Gasteiger partial charge in [0.1, 0.15) is 23.1 Å². The maximum absolute atomic E-state index is 15.3. The number of hydrogen-bond acceptors (Lipinski definition) is 16. The van der Waals surface area contributed by atoms with Crippen molar-refractivity contribution < 1.29 is 55.0 Å². The highest BCUT2D eigenvalue weighted by Crippen LogP contribution is 2.44. The van der Waals surface area contributed by atoms with Crippen LogP contribution < -0.4 is 20.3 Å². The normalized spacial score (nSPS) is 18.7. The molecular weight excluding hydrogens is 983 g/mol. The van der Waals surface area contributed by atoms with Gasteiger partial charge in [-0.05, 0) is 94.8 Å². The number of nitrogens with zero attached hydrogens (tertiary/aromatic N) is 10. The minimum Gasteiger partial charge on any atom is -0.389 e. The third-order valence-electron chi connectivity index (χ3n) is 13.6. The van der Waals surface area contributed by atoms with Gasteiger partial charge in [0, 0.05) is 50.6 Å². The van der Waals surface area contributed by atoms with Crippen LogP contribution in [0.2, 0.25) is 0 Å². The molecule has 4 aliphatic heterocycles. The first-order chi connectivity index (χ1) is 34.6. The Hall–Kier alpha value is -6.74. The number of aliphatic hydroxyl groups is 1. The largest absolute Gasteiger partial charge is 0.419 e. The average Bonchev–Trinajstić information content (AvgIpc) is 4.06. The summed E-state index contributed by atoms with van der Waals surface area (Å²) in [5, 5.41) is 27.2. The van der Waals surface area contributed by atoms with Gasteiger partial charge in [0.25, 0.3) is 11.8 Å². The number of anilines is 3. The molecule has 1 atom stereocenters. The summed E-state index contributed by atoms with van der Waals surface area (Å²) in [5.41, 5.74) is -1.25. The molecule has 73 heavy (non-hydrogen) atoms. The van der Waals surface area contributed by atoms with Crippen molar-refractivity contribution in [2.75, 3.05) is 56.1 Å². The molecule has 4 N–H and O–H groups in total. The first kappa shape index (κ1) is 51.2. The van der Waals surface area contributed by atoms with Crippen LogP contribution in [0.15, 0.2) is 66.1 Å². The highest BCUT2D eigenvalue weighted by atomic mass is 32.2. The standard InChI is InChI=1S/C47H53F4N13O8S/c1-45(2,69)28-63-25-29(23-53-63)40-33(47(49,50)51)24-52-44(57-40)55-35-7-6-31(22-34(35)48)73(70,71)54-14-21-72-27-30-26-62(59-58-30)20-19-60-15-10-46(11-16-60)12-17-61(18-13-46)36-5-3-4-32-39(36)43(68)64(42(32)67)37-8-9-38(65)56-41(37)66/h3-7,22-26,37,54,69H,8-21,27-28H2,1-2H3,(H,52,55,57)(H,56,65,66). The van der Waals surface area contributed by atoms with Gasteiger partial charge in [0.2, 0.25) is 27.8 Å². The third kappa shape index (κ3) is 11.4. The SMILES string of the molecule is CC(C)(O)Cn1cc(-c2nc(Nc3ccc(S(=O)(=O)NCCOCc4cn(CCN5CCC6(CC5)CCN(c5cccc7c5C(=O)N(C5CCC(=O)NC5=O)C7=O)CC6)nn4)cc3F)ncc2C(F)(F)F)cn1. The molecule has 9 rings (SSSR count). The number of benzene rings is 2. The lowest BCUT2D eigenvalue weighted by atomic mass is 9.71. The summed E-state index contributed by atoms with van der Waals surface area (Å²) in [5.74, 6) is -3.51. The fourth-order valence-electron chi connectivity index (χ4n) is 9.72. The number of carbonyl (C=O) groups is 4. The van der Waals surface area contributed by atoms with E-state index in [4.69, 9.17) is 4.74 Å². The van der Waals surface area contributed by atoms with Crippen molar-refractivity contribution in [1.82, 2.24) is 54.6 Å². The Morgan fingerprint density at radius 1 is 0.945 bits per heavy atom. The fourth-order valence-corrected chi connectivity index (χ4v) is 10.7. The van der Waals surface area contributed by atoms with E-state index in [0.717, 1.165) is 87.7 Å². The van der Waals surface area contributed by atoms with E-state index in [-0.39, 0.29) is 61.4 Å². The van der Waals surface area contributed by atoms with Crippen LogP contribution in [0, 0.1) is 11.2 Å². The number of fused-ring (bicyclic) bond motifs is 1. The van der Waals surface area contributed by atoms with Crippen LogP contribution in [-0.2, 0) is 50.2 Å². The maximum Gasteiger partial charge on any atom is 0.419 e. The van der Waals surface area contributed by atoms with E-state index in [0.29, 0.717) is 29.7 Å². The molecule has 7 heterocycles. The lowest BCUT2D eigenvalue weighted by Gasteiger charge is -2.47. The van der Waals surface area contributed by atoms with Gasteiger partial charge < -0.3 is 25.0 Å². The lowest BCUT2D eigenvalue weighted by molar-refractivity contribution is -0.138. The smallest absolute Gasteiger partial charge is 0.389 e. The van der Waals surface area contributed by atoms with E-state index in [9.17, 15) is 45.9 Å². The molecule has 3 aromatic heterocycles. The Labute approximate surface area is 416 Å². The number of amides is 4. The topological polar surface area (TPSA) is 252 Å². The first-order valence-electron chi connectivity index (χ1n) is 23.7. The summed E-state index contributed by atoms with van der Waals surface area (Å²) in [4.78, 5) is 64.2. The van der Waals surface area contributed by atoms with Crippen molar-refractivity contribution in [3.8, 4) is 11.3 Å². The minimum absolute atomic E-state index is 0.0107. The molecular formula is C47H53F4N13O8S. The van der Waals surface area contributed by atoms with Gasteiger partial charge >= 0.3 is 6.18 Å². The van der Waals surface area contributed by atoms with Gasteiger partial charge in [0.15, 0.2) is 0 Å². The fraction of sp³-hybridized carbons (Fsp3) is 0.468. The number of alkyl halides is 3. The first-order valence-corrected chi connectivity index (χ1v) is 25.2. The Morgan fingerprint density at radius 3 is 2.41 bits per heavy atom. The molecule has 21 nitrogen and oxygen atoms in total. The van der Waals surface area contributed by atoms with Crippen LogP contribution in [0.1, 0.15) is 84.3 Å². The second-order valence-electron chi connectivity index (χ2n) is 19.4. The van der Waals surface area contributed by atoms with Crippen molar-refractivity contribution in [1.29, 1.82) is 0 Å². The Balaban J connectivity index is 0.696. The second kappa shape index (κ2) is 20.3. The summed E-state index contributed by atoms with van der Waals surface area (Å²) in [6.07, 6.45) is 3.93. The summed E-state index contributed by atoms with van der Waals surface area (Å²) >= 11 is 0. The van der Waals surface area contributed by atoms with Gasteiger partial charge in [-0.1, -0.05) is 11.3 Å². The van der Waals surface area contributed by atoms with Crippen LogP contribution in [0.25, 0.3) is 11.3 Å². The van der Waals surface area contributed by atoms with Crippen LogP contribution in [0.4, 0.5) is 34.9 Å². The van der Waals surface area contributed by atoms with E-state index in [1.54, 1.807) is 23.0 Å². The molecule has 1 spiro atoms. The molecule has 3 saturated heterocycles. The van der Waals surface area contributed by atoms with Gasteiger partial charge in [-0.25, -0.2) is 27.5 Å². The number of likely N-dealkylation sites (tertiary alicyclic amines) is 1. The molecule has 0 aliphatic carbocycles. The second-order valence-corrected chi connectivity index (χ2v) is 21.1. The molecule has 4 aliphatic rings. The van der Waals surface area contributed by atoms with Crippen molar-refractivity contribution in [2.45, 2.75) is 94.8 Å². The molecule has 1 unspecified atom stereocenters. The molecule has 0 saturated carbocycles. The zero-order chi connectivity index (χ0) is 51.9. The zero-order valence-electron chi connectivity index (χ0n) is 39.9. The van der Waals surface area contributed by atoms with Crippen molar-refractivity contribution >= 4 is 51.0 Å². The van der Waals surface area contributed by atoms with Gasteiger partial charge in [-0.3, -0.25) is 38.8 Å². The quantitative estimate of drug-likeness (QED) is 0.0586. The Bertz CT molecular complexity index is 3030. The highest BCUT2D eigenvalue weighted by Gasteiger charge is 2.47. The van der Waals surface area contributed by atoms with Crippen LogP contribution >= 0.6 is 0 Å². The zero-order valence-corrected chi connectivity index (χ0v) is 40.7. The Kier molecular flexibility index (Phi) is 14.2. The maximum atomic E-state index is 15.3. The number of aromatic nitrogens is 7. The van der Waals surface area contributed by atoms with Crippen molar-refractivity contribution in [2.24, 2.45) is 5.41 Å².